The molecule has 2 heterocycles. The van der Waals surface area contributed by atoms with Crippen molar-refractivity contribution in [1.82, 2.24) is 10.2 Å². The van der Waals surface area contributed by atoms with E-state index in [9.17, 15) is 31.1 Å². The van der Waals surface area contributed by atoms with Crippen molar-refractivity contribution in [3.63, 3.8) is 0 Å². The maximum absolute atomic E-state index is 13.4. The number of nitrogens with zero attached hydrogens (tertiary/aromatic N) is 2. The topological polar surface area (TPSA) is 53.9 Å². The molecule has 1 fully saturated rings. The molecule has 1 atom stereocenters. The number of rotatable bonds is 4. The first-order valence-corrected chi connectivity index (χ1v) is 9.96. The van der Waals surface area contributed by atoms with E-state index in [1.54, 1.807) is 6.08 Å². The lowest BCUT2D eigenvalue weighted by molar-refractivity contribution is -0.104. The van der Waals surface area contributed by atoms with Gasteiger partial charge < -0.3 is 15.0 Å². The maximum atomic E-state index is 13.4. The first kappa shape index (κ1) is 23.9. The van der Waals surface area contributed by atoms with Crippen LogP contribution in [0.15, 0.2) is 40.1 Å². The fourth-order valence-corrected chi connectivity index (χ4v) is 3.94. The van der Waals surface area contributed by atoms with Crippen molar-refractivity contribution in [3.8, 4) is 12.3 Å². The lowest BCUT2D eigenvalue weighted by Crippen LogP contribution is -2.39. The van der Waals surface area contributed by atoms with Crippen molar-refractivity contribution < 1.29 is 35.9 Å². The molecule has 1 N–H and O–H groups in total. The number of likely N-dealkylation sites (tertiary alicyclic amines) is 1. The van der Waals surface area contributed by atoms with Gasteiger partial charge in [-0.2, -0.15) is 31.3 Å². The Morgan fingerprint density at radius 1 is 1.22 bits per heavy atom. The fourth-order valence-electron chi connectivity index (χ4n) is 3.94. The summed E-state index contributed by atoms with van der Waals surface area (Å²) >= 11 is 0. The molecule has 1 saturated heterocycles. The largest absolute Gasteiger partial charge is 0.441 e. The average molecular weight is 461 g/mol. The van der Waals surface area contributed by atoms with Crippen LogP contribution in [0, 0.1) is 24.2 Å². The number of ether oxygens (including phenoxy) is 1. The quantitative estimate of drug-likeness (QED) is 0.500. The summed E-state index contributed by atoms with van der Waals surface area (Å²) in [6.07, 6.45) is -1.57. The third kappa shape index (κ3) is 5.94. The number of carbonyl (C=O) groups is 1. The van der Waals surface area contributed by atoms with Crippen LogP contribution in [-0.4, -0.2) is 55.4 Å². The van der Waals surface area contributed by atoms with E-state index in [-0.39, 0.29) is 43.1 Å². The summed E-state index contributed by atoms with van der Waals surface area (Å²) in [5.41, 5.74) is -2.40. The number of amides is 1. The molecule has 0 spiro atoms. The molecule has 3 rings (SSSR count). The fraction of sp³-hybridized carbons (Fsp3) is 0.524. The van der Waals surface area contributed by atoms with Crippen molar-refractivity contribution in [2.75, 3.05) is 26.2 Å². The smallest absolute Gasteiger partial charge is 0.405 e. The molecule has 32 heavy (non-hydrogen) atoms. The Labute approximate surface area is 180 Å². The molecule has 1 aliphatic carbocycles. The number of carbonyl (C=O) groups excluding carboxylic acids is 1. The summed E-state index contributed by atoms with van der Waals surface area (Å²) in [5, 5.41) is 2.79. The van der Waals surface area contributed by atoms with Crippen molar-refractivity contribution in [2.24, 2.45) is 16.8 Å². The van der Waals surface area contributed by atoms with Gasteiger partial charge in [-0.25, -0.2) is 4.79 Å². The van der Waals surface area contributed by atoms with Gasteiger partial charge in [-0.3, -0.25) is 0 Å². The Balaban J connectivity index is 1.60. The molecular formula is C21H21F6N3O2. The Bertz CT molecular complexity index is 900. The summed E-state index contributed by atoms with van der Waals surface area (Å²) in [6, 6.07) is 0. The zero-order chi connectivity index (χ0) is 23.5. The van der Waals surface area contributed by atoms with Gasteiger partial charge in [-0.05, 0) is 50.4 Å². The van der Waals surface area contributed by atoms with E-state index in [1.165, 1.54) is 0 Å². The maximum Gasteiger partial charge on any atom is 0.441 e. The normalized spacial score (nSPS) is 24.5. The number of halogens is 6. The molecular weight excluding hydrogens is 440 g/mol. The molecule has 0 aromatic rings. The minimum Gasteiger partial charge on any atom is -0.405 e. The highest BCUT2D eigenvalue weighted by Gasteiger charge is 2.44. The van der Waals surface area contributed by atoms with Crippen LogP contribution < -0.4 is 5.32 Å². The third-order valence-corrected chi connectivity index (χ3v) is 5.52. The van der Waals surface area contributed by atoms with E-state index in [0.29, 0.717) is 25.9 Å². The van der Waals surface area contributed by atoms with E-state index < -0.39 is 35.5 Å². The Morgan fingerprint density at radius 3 is 2.50 bits per heavy atom. The van der Waals surface area contributed by atoms with Crippen LogP contribution in [0.25, 0.3) is 0 Å². The predicted molar refractivity (Wildman–Crippen MR) is 104 cm³/mol. The average Bonchev–Trinajstić information content (AvgIpc) is 3.05. The molecule has 0 aromatic heterocycles. The highest BCUT2D eigenvalue weighted by atomic mass is 19.4. The number of piperidine rings is 1. The highest BCUT2D eigenvalue weighted by molar-refractivity contribution is 6.07. The number of allylic oxidation sites excluding steroid dienone is 4. The SMILES string of the molecule is C#CCNC1=NC(=O)O/C1=C\C1CCN(CC2CC=C(C(F)(F)F)C=C2C(F)(F)F)CC1. The van der Waals surface area contributed by atoms with Gasteiger partial charge in [-0.15, -0.1) is 6.42 Å². The summed E-state index contributed by atoms with van der Waals surface area (Å²) in [7, 11) is 0. The van der Waals surface area contributed by atoms with Crippen molar-refractivity contribution >= 4 is 11.9 Å². The minimum absolute atomic E-state index is 0.00528. The molecule has 11 heteroatoms. The van der Waals surface area contributed by atoms with Gasteiger partial charge in [0.1, 0.15) is 0 Å². The monoisotopic (exact) mass is 461 g/mol. The minimum atomic E-state index is -4.83. The Morgan fingerprint density at radius 2 is 1.91 bits per heavy atom. The lowest BCUT2D eigenvalue weighted by Gasteiger charge is -2.35. The summed E-state index contributed by atoms with van der Waals surface area (Å²) in [6.45, 7) is 1.10. The van der Waals surface area contributed by atoms with Crippen LogP contribution in [0.5, 0.6) is 0 Å². The second-order valence-electron chi connectivity index (χ2n) is 7.74. The van der Waals surface area contributed by atoms with Gasteiger partial charge >= 0.3 is 18.4 Å². The van der Waals surface area contributed by atoms with E-state index in [4.69, 9.17) is 11.2 Å². The van der Waals surface area contributed by atoms with Crippen molar-refractivity contribution in [1.29, 1.82) is 0 Å². The van der Waals surface area contributed by atoms with Gasteiger partial charge in [0.25, 0.3) is 0 Å². The number of amidine groups is 1. The van der Waals surface area contributed by atoms with Crippen LogP contribution in [0.2, 0.25) is 0 Å². The zero-order valence-corrected chi connectivity index (χ0v) is 16.9. The molecule has 0 radical (unpaired) electrons. The lowest BCUT2D eigenvalue weighted by atomic mass is 9.86. The van der Waals surface area contributed by atoms with E-state index in [2.05, 4.69) is 16.2 Å². The molecule has 1 unspecified atom stereocenters. The predicted octanol–water partition coefficient (Wildman–Crippen LogP) is 4.35. The number of hydrogen-bond acceptors (Lipinski definition) is 4. The van der Waals surface area contributed by atoms with Crippen LogP contribution >= 0.6 is 0 Å². The zero-order valence-electron chi connectivity index (χ0n) is 16.9. The molecule has 0 aromatic carbocycles. The number of terminal acetylenes is 1. The van der Waals surface area contributed by atoms with Gasteiger partial charge in [0, 0.05) is 18.0 Å². The number of hydrogen-bond donors (Lipinski definition) is 1. The molecule has 0 saturated carbocycles. The molecule has 1 amide bonds. The molecule has 174 valence electrons. The van der Waals surface area contributed by atoms with Crippen molar-refractivity contribution in [3.05, 3.63) is 35.1 Å². The summed E-state index contributed by atoms with van der Waals surface area (Å²) < 4.78 is 83.8. The highest BCUT2D eigenvalue weighted by Crippen LogP contribution is 2.41. The van der Waals surface area contributed by atoms with Gasteiger partial charge in [-0.1, -0.05) is 12.0 Å². The standard InChI is InChI=1S/C21H21F6N3O2/c1-2-7-28-18-17(32-19(31)29-18)10-13-5-8-30(9-6-13)12-14-3-4-15(20(22,23)24)11-16(14)21(25,26)27/h1,4,10-11,13-14H,3,5-9,12H2,(H,28,29,31)/b17-10-. The number of cyclic esters (lactones) is 1. The first-order chi connectivity index (χ1) is 15.0. The van der Waals surface area contributed by atoms with E-state index >= 15 is 0 Å². The second kappa shape index (κ2) is 9.40. The second-order valence-corrected chi connectivity index (χ2v) is 7.74. The number of aliphatic imine (C=N–C) groups is 1. The number of nitrogens with one attached hydrogen (secondary N) is 1. The van der Waals surface area contributed by atoms with Gasteiger partial charge in [0.15, 0.2) is 11.6 Å². The van der Waals surface area contributed by atoms with Crippen molar-refractivity contribution in [2.45, 2.75) is 31.6 Å². The first-order valence-electron chi connectivity index (χ1n) is 9.96. The Kier molecular flexibility index (Phi) is 7.03. The van der Waals surface area contributed by atoms with Crippen LogP contribution in [-0.2, 0) is 4.74 Å². The van der Waals surface area contributed by atoms with E-state index in [1.807, 2.05) is 4.90 Å². The van der Waals surface area contributed by atoms with Gasteiger partial charge in [0.05, 0.1) is 12.1 Å². The molecule has 5 nitrogen and oxygen atoms in total. The summed E-state index contributed by atoms with van der Waals surface area (Å²) in [4.78, 5) is 16.9. The van der Waals surface area contributed by atoms with Crippen LogP contribution in [0.4, 0.5) is 31.1 Å². The molecule has 0 bridgehead atoms. The van der Waals surface area contributed by atoms with E-state index in [0.717, 1.165) is 6.08 Å². The summed E-state index contributed by atoms with van der Waals surface area (Å²) in [5.74, 6) is 1.82. The molecule has 3 aliphatic rings. The Hall–Kier alpha value is -2.74. The van der Waals surface area contributed by atoms with Crippen LogP contribution in [0.3, 0.4) is 0 Å². The van der Waals surface area contributed by atoms with Gasteiger partial charge in [0.2, 0.25) is 0 Å². The number of alkyl halides is 6. The molecule has 2 aliphatic heterocycles. The van der Waals surface area contributed by atoms with Crippen LogP contribution in [0.1, 0.15) is 19.3 Å². The third-order valence-electron chi connectivity index (χ3n) is 5.52.